The molecule has 2 fully saturated rings. The third kappa shape index (κ3) is 3.69. The predicted octanol–water partition coefficient (Wildman–Crippen LogP) is 1.07. The van der Waals surface area contributed by atoms with Crippen LogP contribution in [0, 0.1) is 0 Å². The third-order valence-corrected chi connectivity index (χ3v) is 4.10. The van der Waals surface area contributed by atoms with Gasteiger partial charge in [0.1, 0.15) is 0 Å². The van der Waals surface area contributed by atoms with Crippen LogP contribution in [-0.4, -0.2) is 61.0 Å². The maximum Gasteiger partial charge on any atom is 0.224 e. The van der Waals surface area contributed by atoms with E-state index in [-0.39, 0.29) is 0 Å². The predicted molar refractivity (Wildman–Crippen MR) is 73.6 cm³/mol. The Hall–Kier alpha value is -0.610. The van der Waals surface area contributed by atoms with E-state index in [4.69, 9.17) is 0 Å². The molecule has 2 heterocycles. The summed E-state index contributed by atoms with van der Waals surface area (Å²) in [5.74, 6) is 0.359. The first kappa shape index (κ1) is 13.8. The Morgan fingerprint density at radius 1 is 1.39 bits per heavy atom. The molecular weight excluding hydrogens is 226 g/mol. The monoisotopic (exact) mass is 253 g/mol. The number of hydrogen-bond acceptors (Lipinski definition) is 3. The van der Waals surface area contributed by atoms with Crippen LogP contribution in [0.15, 0.2) is 0 Å². The maximum absolute atomic E-state index is 12.3. The SMILES string of the molecule is CCCN(C(=O)CCN1CCCC1)C1CCNC1. The minimum Gasteiger partial charge on any atom is -0.338 e. The van der Waals surface area contributed by atoms with Gasteiger partial charge in [-0.25, -0.2) is 0 Å². The van der Waals surface area contributed by atoms with Crippen molar-refractivity contribution >= 4 is 5.91 Å². The van der Waals surface area contributed by atoms with Crippen LogP contribution in [0.5, 0.6) is 0 Å². The van der Waals surface area contributed by atoms with Crippen LogP contribution in [0.2, 0.25) is 0 Å². The largest absolute Gasteiger partial charge is 0.338 e. The summed E-state index contributed by atoms with van der Waals surface area (Å²) in [4.78, 5) is 16.9. The summed E-state index contributed by atoms with van der Waals surface area (Å²) in [6.45, 7) is 8.45. The molecular formula is C14H27N3O. The summed E-state index contributed by atoms with van der Waals surface area (Å²) < 4.78 is 0. The lowest BCUT2D eigenvalue weighted by molar-refractivity contribution is -0.133. The average Bonchev–Trinajstić information content (AvgIpc) is 3.05. The zero-order chi connectivity index (χ0) is 12.8. The van der Waals surface area contributed by atoms with Crippen molar-refractivity contribution in [3.63, 3.8) is 0 Å². The Labute approximate surface area is 111 Å². The van der Waals surface area contributed by atoms with Crippen molar-refractivity contribution in [3.8, 4) is 0 Å². The molecule has 1 N–H and O–H groups in total. The number of hydrogen-bond donors (Lipinski definition) is 1. The Bertz CT molecular complexity index is 258. The molecule has 0 radical (unpaired) electrons. The van der Waals surface area contributed by atoms with Crippen molar-refractivity contribution in [2.24, 2.45) is 0 Å². The zero-order valence-electron chi connectivity index (χ0n) is 11.7. The molecule has 0 bridgehead atoms. The van der Waals surface area contributed by atoms with Gasteiger partial charge in [-0.1, -0.05) is 6.92 Å². The summed E-state index contributed by atoms with van der Waals surface area (Å²) in [5, 5.41) is 3.36. The van der Waals surface area contributed by atoms with Crippen LogP contribution in [0.3, 0.4) is 0 Å². The van der Waals surface area contributed by atoms with Crippen molar-refractivity contribution in [2.45, 2.75) is 45.1 Å². The van der Waals surface area contributed by atoms with Crippen molar-refractivity contribution in [2.75, 3.05) is 39.3 Å². The van der Waals surface area contributed by atoms with Crippen LogP contribution in [0.25, 0.3) is 0 Å². The fraction of sp³-hybridized carbons (Fsp3) is 0.929. The van der Waals surface area contributed by atoms with Crippen LogP contribution in [-0.2, 0) is 4.79 Å². The molecule has 1 atom stereocenters. The van der Waals surface area contributed by atoms with Gasteiger partial charge in [-0.3, -0.25) is 4.79 Å². The van der Waals surface area contributed by atoms with E-state index in [1.807, 2.05) is 0 Å². The van der Waals surface area contributed by atoms with E-state index in [2.05, 4.69) is 22.0 Å². The standard InChI is InChI=1S/C14H27N3O/c1-2-8-17(13-5-7-15-12-13)14(18)6-11-16-9-3-4-10-16/h13,15H,2-12H2,1H3. The molecule has 104 valence electrons. The molecule has 0 aliphatic carbocycles. The highest BCUT2D eigenvalue weighted by atomic mass is 16.2. The molecule has 0 aromatic carbocycles. The highest BCUT2D eigenvalue weighted by Gasteiger charge is 2.26. The number of nitrogens with zero attached hydrogens (tertiary/aromatic N) is 2. The van der Waals surface area contributed by atoms with Crippen molar-refractivity contribution in [1.29, 1.82) is 0 Å². The molecule has 1 unspecified atom stereocenters. The lowest BCUT2D eigenvalue weighted by atomic mass is 10.2. The lowest BCUT2D eigenvalue weighted by Crippen LogP contribution is -2.43. The van der Waals surface area contributed by atoms with Gasteiger partial charge in [-0.2, -0.15) is 0 Å². The molecule has 2 saturated heterocycles. The number of carbonyl (C=O) groups is 1. The van der Waals surface area contributed by atoms with Gasteiger partial charge < -0.3 is 15.1 Å². The number of rotatable bonds is 6. The lowest BCUT2D eigenvalue weighted by Gasteiger charge is -2.29. The van der Waals surface area contributed by atoms with Gasteiger partial charge in [-0.15, -0.1) is 0 Å². The van der Waals surface area contributed by atoms with Crippen molar-refractivity contribution in [1.82, 2.24) is 15.1 Å². The van der Waals surface area contributed by atoms with Gasteiger partial charge >= 0.3 is 0 Å². The topological polar surface area (TPSA) is 35.6 Å². The zero-order valence-corrected chi connectivity index (χ0v) is 11.7. The van der Waals surface area contributed by atoms with Gasteiger partial charge in [0, 0.05) is 32.1 Å². The summed E-state index contributed by atoms with van der Waals surface area (Å²) >= 11 is 0. The minimum absolute atomic E-state index is 0.359. The Morgan fingerprint density at radius 3 is 2.78 bits per heavy atom. The summed E-state index contributed by atoms with van der Waals surface area (Å²) in [7, 11) is 0. The fourth-order valence-electron chi connectivity index (χ4n) is 3.06. The second kappa shape index (κ2) is 7.10. The van der Waals surface area contributed by atoms with E-state index in [1.54, 1.807) is 0 Å². The van der Waals surface area contributed by atoms with Gasteiger partial charge in [0.2, 0.25) is 5.91 Å². The molecule has 2 aliphatic rings. The van der Waals surface area contributed by atoms with E-state index < -0.39 is 0 Å². The minimum atomic E-state index is 0.359. The summed E-state index contributed by atoms with van der Waals surface area (Å²) in [5.41, 5.74) is 0. The first-order chi connectivity index (χ1) is 8.81. The van der Waals surface area contributed by atoms with Crippen LogP contribution >= 0.6 is 0 Å². The van der Waals surface area contributed by atoms with Crippen LogP contribution in [0.4, 0.5) is 0 Å². The quantitative estimate of drug-likeness (QED) is 0.769. The average molecular weight is 253 g/mol. The highest BCUT2D eigenvalue weighted by Crippen LogP contribution is 2.13. The molecule has 0 saturated carbocycles. The summed E-state index contributed by atoms with van der Waals surface area (Å²) in [6, 6.07) is 0.441. The Kier molecular flexibility index (Phi) is 5.45. The first-order valence-corrected chi connectivity index (χ1v) is 7.54. The van der Waals surface area contributed by atoms with Gasteiger partial charge in [0.05, 0.1) is 0 Å². The molecule has 0 aromatic heterocycles. The number of likely N-dealkylation sites (tertiary alicyclic amines) is 1. The maximum atomic E-state index is 12.3. The van der Waals surface area contributed by atoms with Gasteiger partial charge in [-0.05, 0) is 45.3 Å². The smallest absolute Gasteiger partial charge is 0.224 e. The van der Waals surface area contributed by atoms with Crippen LogP contribution in [0.1, 0.15) is 39.0 Å². The number of carbonyl (C=O) groups excluding carboxylic acids is 1. The fourth-order valence-corrected chi connectivity index (χ4v) is 3.06. The van der Waals surface area contributed by atoms with E-state index in [1.165, 1.54) is 25.9 Å². The van der Waals surface area contributed by atoms with Gasteiger partial charge in [0.25, 0.3) is 0 Å². The normalized spacial score (nSPS) is 24.6. The van der Waals surface area contributed by atoms with Gasteiger partial charge in [0.15, 0.2) is 0 Å². The Balaban J connectivity index is 1.78. The molecule has 2 rings (SSSR count). The van der Waals surface area contributed by atoms with E-state index in [9.17, 15) is 4.79 Å². The second-order valence-electron chi connectivity index (χ2n) is 5.53. The molecule has 1 amide bonds. The number of amides is 1. The molecule has 0 spiro atoms. The van der Waals surface area contributed by atoms with Crippen molar-refractivity contribution < 1.29 is 4.79 Å². The Morgan fingerprint density at radius 2 is 2.17 bits per heavy atom. The second-order valence-corrected chi connectivity index (χ2v) is 5.53. The molecule has 4 heteroatoms. The molecule has 18 heavy (non-hydrogen) atoms. The highest BCUT2D eigenvalue weighted by molar-refractivity contribution is 5.76. The first-order valence-electron chi connectivity index (χ1n) is 7.54. The van der Waals surface area contributed by atoms with E-state index >= 15 is 0 Å². The van der Waals surface area contributed by atoms with Crippen LogP contribution < -0.4 is 5.32 Å². The third-order valence-electron chi connectivity index (χ3n) is 4.10. The van der Waals surface area contributed by atoms with E-state index in [0.717, 1.165) is 39.0 Å². The molecule has 2 aliphatic heterocycles. The van der Waals surface area contributed by atoms with E-state index in [0.29, 0.717) is 18.4 Å². The molecule has 4 nitrogen and oxygen atoms in total. The number of nitrogens with one attached hydrogen (secondary N) is 1. The summed E-state index contributed by atoms with van der Waals surface area (Å²) in [6.07, 6.45) is 5.50. The van der Waals surface area contributed by atoms with Crippen molar-refractivity contribution in [3.05, 3.63) is 0 Å². The molecule has 0 aromatic rings.